The molecule has 0 radical (unpaired) electrons. The maximum atomic E-state index is 12.6. The van der Waals surface area contributed by atoms with Crippen LogP contribution in [-0.4, -0.2) is 40.7 Å². The molecule has 0 saturated carbocycles. The second-order valence-corrected chi connectivity index (χ2v) is 8.64. The van der Waals surface area contributed by atoms with Crippen LogP contribution in [0.5, 0.6) is 11.5 Å². The molecule has 2 aromatic rings. The van der Waals surface area contributed by atoms with Crippen molar-refractivity contribution in [3.63, 3.8) is 0 Å². The van der Waals surface area contributed by atoms with E-state index in [1.165, 1.54) is 19.3 Å². The molecule has 29 heavy (non-hydrogen) atoms. The maximum Gasteiger partial charge on any atom is 0.294 e. The van der Waals surface area contributed by atoms with Crippen LogP contribution in [0.3, 0.4) is 0 Å². The number of hydrogen-bond acceptors (Lipinski definition) is 6. The number of phenols is 1. The highest BCUT2D eigenvalue weighted by atomic mass is 79.9. The Labute approximate surface area is 187 Å². The van der Waals surface area contributed by atoms with Crippen molar-refractivity contribution in [2.24, 2.45) is 0 Å². The molecule has 0 aromatic heterocycles. The lowest BCUT2D eigenvalue weighted by Crippen LogP contribution is -2.36. The van der Waals surface area contributed by atoms with E-state index < -0.39 is 17.1 Å². The van der Waals surface area contributed by atoms with Gasteiger partial charge in [-0.2, -0.15) is 0 Å². The molecule has 1 aliphatic heterocycles. The van der Waals surface area contributed by atoms with Crippen LogP contribution in [0.25, 0.3) is 6.08 Å². The lowest BCUT2D eigenvalue weighted by Gasteiger charge is -2.12. The highest BCUT2D eigenvalue weighted by Crippen LogP contribution is 2.38. The number of amides is 3. The number of benzene rings is 2. The number of phenolic OH excluding ortho intramolecular Hbond substituents is 1. The van der Waals surface area contributed by atoms with Gasteiger partial charge in [0.05, 0.1) is 16.5 Å². The largest absolute Gasteiger partial charge is 0.503 e. The summed E-state index contributed by atoms with van der Waals surface area (Å²) in [4.78, 5) is 38.1. The number of nitrogens with zero attached hydrogens (tertiary/aromatic N) is 1. The van der Waals surface area contributed by atoms with Gasteiger partial charge in [0.1, 0.15) is 6.54 Å². The Bertz CT molecular complexity index is 1020. The number of ether oxygens (including phenoxy) is 1. The first-order valence-electron chi connectivity index (χ1n) is 8.15. The van der Waals surface area contributed by atoms with Crippen molar-refractivity contribution >= 4 is 72.4 Å². The van der Waals surface area contributed by atoms with Gasteiger partial charge in [-0.25, -0.2) is 0 Å². The second kappa shape index (κ2) is 9.02. The summed E-state index contributed by atoms with van der Waals surface area (Å²) >= 11 is 7.26. The Hall–Kier alpha value is -2.30. The quantitative estimate of drug-likeness (QED) is 0.537. The van der Waals surface area contributed by atoms with Crippen LogP contribution < -0.4 is 10.1 Å². The molecular weight excluding hydrogens is 528 g/mol. The van der Waals surface area contributed by atoms with Crippen LogP contribution in [0.2, 0.25) is 0 Å². The molecule has 1 aliphatic rings. The average Bonchev–Trinajstić information content (AvgIpc) is 2.93. The third kappa shape index (κ3) is 5.01. The summed E-state index contributed by atoms with van der Waals surface area (Å²) < 4.78 is 6.33. The minimum absolute atomic E-state index is 0.0673. The van der Waals surface area contributed by atoms with E-state index in [1.54, 1.807) is 30.3 Å². The van der Waals surface area contributed by atoms with Gasteiger partial charge in [-0.3, -0.25) is 19.3 Å². The average molecular weight is 542 g/mol. The van der Waals surface area contributed by atoms with Gasteiger partial charge in [-0.15, -0.1) is 0 Å². The van der Waals surface area contributed by atoms with Gasteiger partial charge in [0, 0.05) is 10.2 Å². The monoisotopic (exact) mass is 540 g/mol. The molecule has 10 heteroatoms. The van der Waals surface area contributed by atoms with Crippen LogP contribution in [0.1, 0.15) is 5.56 Å². The van der Waals surface area contributed by atoms with Gasteiger partial charge in [0.15, 0.2) is 11.5 Å². The number of anilines is 1. The first-order valence-corrected chi connectivity index (χ1v) is 10.6. The summed E-state index contributed by atoms with van der Waals surface area (Å²) in [5.41, 5.74) is 1.11. The number of carbonyl (C=O) groups is 3. The molecule has 0 unspecified atom stereocenters. The first-order chi connectivity index (χ1) is 13.8. The molecule has 2 aromatic carbocycles. The van der Waals surface area contributed by atoms with E-state index in [-0.39, 0.29) is 22.9 Å². The lowest BCUT2D eigenvalue weighted by molar-refractivity contribution is -0.127. The predicted molar refractivity (Wildman–Crippen MR) is 118 cm³/mol. The van der Waals surface area contributed by atoms with E-state index >= 15 is 0 Å². The zero-order valence-corrected chi connectivity index (χ0v) is 18.9. The number of aromatic hydroxyl groups is 1. The van der Waals surface area contributed by atoms with Crippen LogP contribution in [0.4, 0.5) is 10.5 Å². The molecule has 0 spiro atoms. The van der Waals surface area contributed by atoms with Crippen molar-refractivity contribution in [2.45, 2.75) is 0 Å². The number of hydrogen-bond donors (Lipinski definition) is 2. The third-order valence-corrected chi connectivity index (χ3v) is 5.91. The summed E-state index contributed by atoms with van der Waals surface area (Å²) in [6.07, 6.45) is 1.50. The van der Waals surface area contributed by atoms with Crippen LogP contribution in [0, 0.1) is 0 Å². The number of thioether (sulfide) groups is 1. The standard InChI is InChI=1S/C19H14Br2N2O5S/c1-28-14-7-10(6-13(21)17(14)25)8-15-18(26)23(19(27)29-15)9-16(24)22-12-4-2-11(20)3-5-12/h2-8,25H,9H2,1H3,(H,22,24)/b15-8+. The van der Waals surface area contributed by atoms with E-state index in [0.29, 0.717) is 15.7 Å². The van der Waals surface area contributed by atoms with Gasteiger partial charge >= 0.3 is 0 Å². The lowest BCUT2D eigenvalue weighted by atomic mass is 10.2. The molecule has 0 aliphatic carbocycles. The topological polar surface area (TPSA) is 95.9 Å². The van der Waals surface area contributed by atoms with Crippen LogP contribution in [0.15, 0.2) is 50.2 Å². The van der Waals surface area contributed by atoms with E-state index in [9.17, 15) is 19.5 Å². The Morgan fingerprint density at radius 1 is 1.24 bits per heavy atom. The summed E-state index contributed by atoms with van der Waals surface area (Å²) in [5, 5.41) is 12.0. The van der Waals surface area contributed by atoms with E-state index in [4.69, 9.17) is 4.74 Å². The first kappa shape index (κ1) is 21.4. The fourth-order valence-electron chi connectivity index (χ4n) is 2.50. The van der Waals surface area contributed by atoms with Crippen LogP contribution in [-0.2, 0) is 9.59 Å². The Morgan fingerprint density at radius 2 is 1.93 bits per heavy atom. The van der Waals surface area contributed by atoms with E-state index in [1.807, 2.05) is 0 Å². The van der Waals surface area contributed by atoms with Gasteiger partial charge in [-0.05, 0) is 75.7 Å². The molecule has 2 N–H and O–H groups in total. The molecule has 3 amide bonds. The zero-order valence-electron chi connectivity index (χ0n) is 14.9. The molecule has 150 valence electrons. The SMILES string of the molecule is COc1cc(/C=C2/SC(=O)N(CC(=O)Nc3ccc(Br)cc3)C2=O)cc(Br)c1O. The fraction of sp³-hybridized carbons (Fsp3) is 0.105. The van der Waals surface area contributed by atoms with Crippen molar-refractivity contribution in [1.29, 1.82) is 0 Å². The van der Waals surface area contributed by atoms with Crippen molar-refractivity contribution < 1.29 is 24.2 Å². The van der Waals surface area contributed by atoms with Crippen molar-refractivity contribution in [3.05, 3.63) is 55.8 Å². The van der Waals surface area contributed by atoms with E-state index in [0.717, 1.165) is 21.1 Å². The van der Waals surface area contributed by atoms with Crippen molar-refractivity contribution in [3.8, 4) is 11.5 Å². The number of carbonyl (C=O) groups excluding carboxylic acids is 3. The third-order valence-electron chi connectivity index (χ3n) is 3.87. The smallest absolute Gasteiger partial charge is 0.294 e. The second-order valence-electron chi connectivity index (χ2n) is 5.88. The molecule has 3 rings (SSSR count). The minimum atomic E-state index is -0.561. The maximum absolute atomic E-state index is 12.6. The molecule has 1 fully saturated rings. The summed E-state index contributed by atoms with van der Waals surface area (Å²) in [6.45, 7) is -0.388. The van der Waals surface area contributed by atoms with Gasteiger partial charge in [0.25, 0.3) is 11.1 Å². The number of imide groups is 1. The predicted octanol–water partition coefficient (Wildman–Crippen LogP) is 4.60. The molecule has 0 bridgehead atoms. The Balaban J connectivity index is 1.74. The number of halogens is 2. The molecule has 0 atom stereocenters. The number of nitrogens with one attached hydrogen (secondary N) is 1. The number of methoxy groups -OCH3 is 1. The van der Waals surface area contributed by atoms with Gasteiger partial charge < -0.3 is 15.2 Å². The summed E-state index contributed by atoms with van der Waals surface area (Å²) in [6, 6.07) is 10.1. The van der Waals surface area contributed by atoms with E-state index in [2.05, 4.69) is 37.2 Å². The van der Waals surface area contributed by atoms with Gasteiger partial charge in [0.2, 0.25) is 5.91 Å². The minimum Gasteiger partial charge on any atom is -0.503 e. The Morgan fingerprint density at radius 3 is 2.59 bits per heavy atom. The zero-order chi connectivity index (χ0) is 21.1. The number of rotatable bonds is 5. The normalized spacial score (nSPS) is 15.1. The molecule has 1 heterocycles. The Kier molecular flexibility index (Phi) is 6.66. The molecule has 7 nitrogen and oxygen atoms in total. The van der Waals surface area contributed by atoms with Crippen LogP contribution >= 0.6 is 43.6 Å². The summed E-state index contributed by atoms with van der Waals surface area (Å²) in [7, 11) is 1.41. The highest BCUT2D eigenvalue weighted by molar-refractivity contribution is 9.10. The molecular formula is C19H14Br2N2O5S. The summed E-state index contributed by atoms with van der Waals surface area (Å²) in [5.74, 6) is -0.889. The van der Waals surface area contributed by atoms with Gasteiger partial charge in [-0.1, -0.05) is 15.9 Å². The fourth-order valence-corrected chi connectivity index (χ4v) is 4.06. The molecule has 1 saturated heterocycles. The van der Waals surface area contributed by atoms with Crippen molar-refractivity contribution in [2.75, 3.05) is 19.0 Å². The van der Waals surface area contributed by atoms with Crippen molar-refractivity contribution in [1.82, 2.24) is 4.90 Å². The highest BCUT2D eigenvalue weighted by Gasteiger charge is 2.36.